The van der Waals surface area contributed by atoms with Crippen molar-refractivity contribution in [2.45, 2.75) is 19.1 Å². The lowest BCUT2D eigenvalue weighted by atomic mass is 10.2. The Balaban J connectivity index is 2.41. The second kappa shape index (κ2) is 2.35. The molecule has 1 aliphatic rings. The van der Waals surface area contributed by atoms with E-state index >= 15 is 0 Å². The van der Waals surface area contributed by atoms with Gasteiger partial charge in [-0.05, 0) is 30.7 Å². The molecule has 1 N–H and O–H groups in total. The zero-order chi connectivity index (χ0) is 6.97. The molecular weight excluding hydrogens is 142 g/mol. The summed E-state index contributed by atoms with van der Waals surface area (Å²) in [5.41, 5.74) is 4.30. The summed E-state index contributed by atoms with van der Waals surface area (Å²) in [6.45, 7) is 2.13. The van der Waals surface area contributed by atoms with Crippen LogP contribution in [0.4, 0.5) is 0 Å². The van der Waals surface area contributed by atoms with Crippen LogP contribution in [-0.4, -0.2) is 10.7 Å². The molecule has 0 bridgehead atoms. The molecule has 0 spiro atoms. The number of fused-ring (bicyclic) bond motifs is 1. The maximum atomic E-state index is 3.38. The van der Waals surface area contributed by atoms with Gasteiger partial charge in [0.1, 0.15) is 0 Å². The first-order chi connectivity index (χ1) is 4.86. The van der Waals surface area contributed by atoms with E-state index < -0.39 is 0 Å². The van der Waals surface area contributed by atoms with Crippen molar-refractivity contribution in [2.75, 3.05) is 5.75 Å². The summed E-state index contributed by atoms with van der Waals surface area (Å²) >= 11 is 2.02. The number of H-pyrrole nitrogens is 1. The summed E-state index contributed by atoms with van der Waals surface area (Å²) in [4.78, 5) is 3.38. The summed E-state index contributed by atoms with van der Waals surface area (Å²) in [5, 5.41) is 0. The van der Waals surface area contributed by atoms with E-state index in [1.54, 1.807) is 0 Å². The van der Waals surface area contributed by atoms with Crippen molar-refractivity contribution >= 4 is 11.8 Å². The lowest BCUT2D eigenvalue weighted by molar-refractivity contribution is 1.06. The highest BCUT2D eigenvalue weighted by molar-refractivity contribution is 7.98. The molecule has 0 radical (unpaired) electrons. The number of thioether (sulfide) groups is 1. The molecule has 0 aliphatic carbocycles. The SMILES string of the molecule is Cc1cc2c([nH]1)CSCC2. The third kappa shape index (κ3) is 0.966. The van der Waals surface area contributed by atoms with E-state index in [4.69, 9.17) is 0 Å². The van der Waals surface area contributed by atoms with Gasteiger partial charge in [0, 0.05) is 17.1 Å². The predicted molar refractivity (Wildman–Crippen MR) is 45.4 cm³/mol. The zero-order valence-corrected chi connectivity index (χ0v) is 6.92. The molecule has 0 atom stereocenters. The highest BCUT2D eigenvalue weighted by Gasteiger charge is 2.10. The van der Waals surface area contributed by atoms with E-state index in [0.29, 0.717) is 0 Å². The molecule has 1 nitrogen and oxygen atoms in total. The van der Waals surface area contributed by atoms with E-state index in [1.807, 2.05) is 11.8 Å². The smallest absolute Gasteiger partial charge is 0.0339 e. The third-order valence-electron chi connectivity index (χ3n) is 1.89. The average Bonchev–Trinajstić information content (AvgIpc) is 2.27. The molecule has 1 aromatic rings. The fraction of sp³-hybridized carbons (Fsp3) is 0.500. The van der Waals surface area contributed by atoms with Crippen LogP contribution in [-0.2, 0) is 12.2 Å². The minimum Gasteiger partial charge on any atom is -0.362 e. The van der Waals surface area contributed by atoms with Crippen molar-refractivity contribution in [1.29, 1.82) is 0 Å². The van der Waals surface area contributed by atoms with E-state index in [1.165, 1.54) is 34.9 Å². The average molecular weight is 153 g/mol. The molecule has 2 rings (SSSR count). The van der Waals surface area contributed by atoms with Crippen LogP contribution in [0.25, 0.3) is 0 Å². The van der Waals surface area contributed by atoms with Gasteiger partial charge in [-0.2, -0.15) is 11.8 Å². The number of hydrogen-bond acceptors (Lipinski definition) is 1. The van der Waals surface area contributed by atoms with E-state index in [9.17, 15) is 0 Å². The van der Waals surface area contributed by atoms with Crippen LogP contribution in [0.2, 0.25) is 0 Å². The van der Waals surface area contributed by atoms with Gasteiger partial charge in [-0.15, -0.1) is 0 Å². The largest absolute Gasteiger partial charge is 0.362 e. The maximum absolute atomic E-state index is 3.38. The van der Waals surface area contributed by atoms with Crippen LogP contribution in [0, 0.1) is 6.92 Å². The van der Waals surface area contributed by atoms with Crippen LogP contribution < -0.4 is 0 Å². The topological polar surface area (TPSA) is 15.8 Å². The second-order valence-corrected chi connectivity index (χ2v) is 3.86. The molecule has 0 aromatic carbocycles. The molecule has 2 heterocycles. The van der Waals surface area contributed by atoms with Gasteiger partial charge in [-0.1, -0.05) is 0 Å². The Labute approximate surface area is 65.2 Å². The second-order valence-electron chi connectivity index (χ2n) is 2.76. The highest BCUT2D eigenvalue weighted by Crippen LogP contribution is 2.24. The van der Waals surface area contributed by atoms with Crippen LogP contribution in [0.5, 0.6) is 0 Å². The lowest BCUT2D eigenvalue weighted by Gasteiger charge is -2.08. The van der Waals surface area contributed by atoms with Crippen LogP contribution in [0.3, 0.4) is 0 Å². The number of nitrogens with one attached hydrogen (secondary N) is 1. The Kier molecular flexibility index (Phi) is 1.49. The Morgan fingerprint density at radius 3 is 3.30 bits per heavy atom. The number of aromatic amines is 1. The summed E-state index contributed by atoms with van der Waals surface area (Å²) in [7, 11) is 0. The molecule has 0 saturated carbocycles. The summed E-state index contributed by atoms with van der Waals surface area (Å²) in [6, 6.07) is 2.27. The minimum absolute atomic E-state index is 1.18. The van der Waals surface area contributed by atoms with Crippen LogP contribution in [0.1, 0.15) is 17.0 Å². The Morgan fingerprint density at radius 2 is 2.50 bits per heavy atom. The van der Waals surface area contributed by atoms with Crippen molar-refractivity contribution in [1.82, 2.24) is 4.98 Å². The van der Waals surface area contributed by atoms with Crippen LogP contribution in [0.15, 0.2) is 6.07 Å². The van der Waals surface area contributed by atoms with E-state index in [-0.39, 0.29) is 0 Å². The fourth-order valence-electron chi connectivity index (χ4n) is 1.41. The molecule has 0 saturated heterocycles. The quantitative estimate of drug-likeness (QED) is 0.603. The molecule has 0 fully saturated rings. The highest BCUT2D eigenvalue weighted by atomic mass is 32.2. The Morgan fingerprint density at radius 1 is 1.60 bits per heavy atom. The number of aromatic nitrogens is 1. The first-order valence-corrected chi connectivity index (χ1v) is 4.77. The summed E-state index contributed by atoms with van der Waals surface area (Å²) < 4.78 is 0. The Hall–Kier alpha value is -0.370. The van der Waals surface area contributed by atoms with Gasteiger partial charge in [0.25, 0.3) is 0 Å². The van der Waals surface area contributed by atoms with Crippen molar-refractivity contribution in [2.24, 2.45) is 0 Å². The van der Waals surface area contributed by atoms with Gasteiger partial charge < -0.3 is 4.98 Å². The first kappa shape index (κ1) is 6.35. The lowest BCUT2D eigenvalue weighted by Crippen LogP contribution is -1.98. The molecule has 1 aliphatic heterocycles. The standard InChI is InChI=1S/C8H11NS/c1-6-4-7-2-3-10-5-8(7)9-6/h4,9H,2-3,5H2,1H3. The number of rotatable bonds is 0. The molecule has 2 heteroatoms. The molecule has 0 amide bonds. The fourth-order valence-corrected chi connectivity index (χ4v) is 2.38. The Bertz CT molecular complexity index is 216. The first-order valence-electron chi connectivity index (χ1n) is 3.61. The van der Waals surface area contributed by atoms with E-state index in [0.717, 1.165) is 0 Å². The summed E-state index contributed by atoms with van der Waals surface area (Å²) in [5.74, 6) is 2.48. The molecule has 1 aromatic heterocycles. The van der Waals surface area contributed by atoms with Gasteiger partial charge in [-0.3, -0.25) is 0 Å². The monoisotopic (exact) mass is 153 g/mol. The van der Waals surface area contributed by atoms with Crippen LogP contribution >= 0.6 is 11.8 Å². The number of hydrogen-bond donors (Lipinski definition) is 1. The van der Waals surface area contributed by atoms with Gasteiger partial charge in [0.2, 0.25) is 0 Å². The normalized spacial score (nSPS) is 16.9. The van der Waals surface area contributed by atoms with Crippen molar-refractivity contribution in [3.8, 4) is 0 Å². The zero-order valence-electron chi connectivity index (χ0n) is 6.11. The maximum Gasteiger partial charge on any atom is 0.0339 e. The van der Waals surface area contributed by atoms with E-state index in [2.05, 4.69) is 18.0 Å². The molecule has 10 heavy (non-hydrogen) atoms. The van der Waals surface area contributed by atoms with Crippen molar-refractivity contribution in [3.05, 3.63) is 23.0 Å². The predicted octanol–water partition coefficient (Wildman–Crippen LogP) is 2.11. The minimum atomic E-state index is 1.18. The van der Waals surface area contributed by atoms with Crippen molar-refractivity contribution in [3.63, 3.8) is 0 Å². The third-order valence-corrected chi connectivity index (χ3v) is 2.87. The van der Waals surface area contributed by atoms with Gasteiger partial charge >= 0.3 is 0 Å². The van der Waals surface area contributed by atoms with Gasteiger partial charge in [-0.25, -0.2) is 0 Å². The molecular formula is C8H11NS. The molecule has 54 valence electrons. The van der Waals surface area contributed by atoms with Gasteiger partial charge in [0.05, 0.1) is 0 Å². The van der Waals surface area contributed by atoms with Gasteiger partial charge in [0.15, 0.2) is 0 Å². The summed E-state index contributed by atoms with van der Waals surface area (Å²) in [6.07, 6.45) is 1.25. The van der Waals surface area contributed by atoms with Crippen molar-refractivity contribution < 1.29 is 0 Å². The molecule has 0 unspecified atom stereocenters. The number of aryl methyl sites for hydroxylation is 2.